The van der Waals surface area contributed by atoms with Gasteiger partial charge in [0.25, 0.3) is 0 Å². The normalized spacial score (nSPS) is 13.1. The van der Waals surface area contributed by atoms with Crippen molar-refractivity contribution in [2.24, 2.45) is 7.05 Å². The number of fused-ring (bicyclic) bond motifs is 1. The van der Waals surface area contributed by atoms with Crippen LogP contribution < -0.4 is 4.74 Å². The molecule has 1 atom stereocenters. The molecule has 0 spiro atoms. The number of ether oxygens (including phenoxy) is 1. The number of pyridine rings is 2. The molecule has 0 aliphatic heterocycles. The first kappa shape index (κ1) is 22.1. The zero-order chi connectivity index (χ0) is 23.7. The highest BCUT2D eigenvalue weighted by molar-refractivity contribution is 6.38. The summed E-state index contributed by atoms with van der Waals surface area (Å²) >= 11 is 7.01. The van der Waals surface area contributed by atoms with Crippen LogP contribution in [0.15, 0.2) is 85.6 Å². The van der Waals surface area contributed by atoms with Crippen molar-refractivity contribution in [3.8, 4) is 17.0 Å². The summed E-state index contributed by atoms with van der Waals surface area (Å²) in [4.78, 5) is 13.1. The van der Waals surface area contributed by atoms with Gasteiger partial charge in [-0.05, 0) is 47.9 Å². The molecule has 170 valence electrons. The molecule has 0 radical (unpaired) electrons. The zero-order valence-electron chi connectivity index (χ0n) is 18.8. The van der Waals surface area contributed by atoms with E-state index in [0.717, 1.165) is 16.5 Å². The number of rotatable bonds is 6. The van der Waals surface area contributed by atoms with Gasteiger partial charge >= 0.3 is 0 Å². The Morgan fingerprint density at radius 1 is 1.00 bits per heavy atom. The average molecular weight is 471 g/mol. The van der Waals surface area contributed by atoms with E-state index in [0.29, 0.717) is 39.8 Å². The van der Waals surface area contributed by atoms with E-state index in [1.165, 1.54) is 0 Å². The molecule has 6 nitrogen and oxygen atoms in total. The Kier molecular flexibility index (Phi) is 5.77. The molecule has 7 heteroatoms. The molecule has 3 aromatic heterocycles. The van der Waals surface area contributed by atoms with Gasteiger partial charge in [-0.3, -0.25) is 4.98 Å². The third-order valence-corrected chi connectivity index (χ3v) is 6.33. The largest absolute Gasteiger partial charge is 0.477 e. The summed E-state index contributed by atoms with van der Waals surface area (Å²) in [5.74, 6) is 0.481. The van der Waals surface area contributed by atoms with E-state index in [4.69, 9.17) is 21.3 Å². The van der Waals surface area contributed by atoms with Crippen LogP contribution in [0.25, 0.3) is 22.0 Å². The Morgan fingerprint density at radius 3 is 2.44 bits per heavy atom. The maximum atomic E-state index is 12.2. The Bertz CT molecular complexity index is 1450. The average Bonchev–Trinajstić information content (AvgIpc) is 3.31. The van der Waals surface area contributed by atoms with Crippen LogP contribution in [0.1, 0.15) is 23.7 Å². The summed E-state index contributed by atoms with van der Waals surface area (Å²) in [6.45, 7) is 2.38. The molecule has 1 unspecified atom stereocenters. The number of aryl methyl sites for hydroxylation is 1. The number of hydrogen-bond donors (Lipinski definition) is 1. The Labute approximate surface area is 202 Å². The smallest absolute Gasteiger partial charge is 0.223 e. The summed E-state index contributed by atoms with van der Waals surface area (Å²) in [5.41, 5.74) is 2.77. The fraction of sp³-hybridized carbons (Fsp3) is 0.148. The molecule has 0 aliphatic rings. The minimum absolute atomic E-state index is 0.467. The van der Waals surface area contributed by atoms with Crippen LogP contribution in [0.3, 0.4) is 0 Å². The second-order valence-electron chi connectivity index (χ2n) is 7.97. The molecule has 0 saturated carbocycles. The van der Waals surface area contributed by atoms with Crippen LogP contribution in [-0.4, -0.2) is 31.2 Å². The third-order valence-electron chi connectivity index (χ3n) is 5.94. The lowest BCUT2D eigenvalue weighted by molar-refractivity contribution is 0.117. The van der Waals surface area contributed by atoms with Gasteiger partial charge in [-0.1, -0.05) is 48.0 Å². The highest BCUT2D eigenvalue weighted by Gasteiger charge is 2.37. The van der Waals surface area contributed by atoms with E-state index < -0.39 is 5.60 Å². The standard InChI is InChI=1S/C27H23ClN4O2/c1-3-34-26-24(18-7-5-4-6-8-18)25(28)21-15-20(9-10-22(21)31-26)27(33,19-11-13-29-14-12-19)23-16-30-17-32(23)2/h4-17,33H,3H2,1-2H3. The van der Waals surface area contributed by atoms with Crippen molar-refractivity contribution in [2.45, 2.75) is 12.5 Å². The predicted molar refractivity (Wildman–Crippen MR) is 133 cm³/mol. The number of aromatic nitrogens is 4. The number of imidazole rings is 1. The van der Waals surface area contributed by atoms with Gasteiger partial charge in [0.05, 0.1) is 40.9 Å². The first-order valence-electron chi connectivity index (χ1n) is 11.0. The topological polar surface area (TPSA) is 73.1 Å². The van der Waals surface area contributed by atoms with Gasteiger partial charge < -0.3 is 14.4 Å². The van der Waals surface area contributed by atoms with Crippen LogP contribution in [-0.2, 0) is 12.6 Å². The lowest BCUT2D eigenvalue weighted by atomic mass is 9.83. The molecule has 0 aliphatic carbocycles. The molecule has 3 heterocycles. The van der Waals surface area contributed by atoms with Gasteiger partial charge in [0.1, 0.15) is 0 Å². The third kappa shape index (κ3) is 3.61. The van der Waals surface area contributed by atoms with Gasteiger partial charge in [0, 0.05) is 24.8 Å². The van der Waals surface area contributed by atoms with Gasteiger partial charge in [-0.15, -0.1) is 0 Å². The van der Waals surface area contributed by atoms with Crippen LogP contribution in [0, 0.1) is 0 Å². The first-order chi connectivity index (χ1) is 16.5. The number of benzene rings is 2. The highest BCUT2D eigenvalue weighted by atomic mass is 35.5. The second kappa shape index (κ2) is 8.89. The van der Waals surface area contributed by atoms with Gasteiger partial charge in [-0.25, -0.2) is 9.97 Å². The molecule has 0 amide bonds. The maximum absolute atomic E-state index is 12.2. The van der Waals surface area contributed by atoms with Gasteiger partial charge in [0.15, 0.2) is 5.60 Å². The van der Waals surface area contributed by atoms with Crippen molar-refractivity contribution in [3.63, 3.8) is 0 Å². The summed E-state index contributed by atoms with van der Waals surface area (Å²) in [7, 11) is 1.85. The van der Waals surface area contributed by atoms with Crippen molar-refractivity contribution in [2.75, 3.05) is 6.61 Å². The molecular weight excluding hydrogens is 448 g/mol. The number of aliphatic hydroxyl groups is 1. The minimum Gasteiger partial charge on any atom is -0.477 e. The van der Waals surface area contributed by atoms with Crippen molar-refractivity contribution in [1.82, 2.24) is 19.5 Å². The summed E-state index contributed by atoms with van der Waals surface area (Å²) in [6, 6.07) is 19.0. The molecular formula is C27H23ClN4O2. The Balaban J connectivity index is 1.79. The summed E-state index contributed by atoms with van der Waals surface area (Å²) in [5, 5.41) is 13.4. The quantitative estimate of drug-likeness (QED) is 0.361. The van der Waals surface area contributed by atoms with Gasteiger partial charge in [0.2, 0.25) is 5.88 Å². The Hall–Kier alpha value is -3.74. The van der Waals surface area contributed by atoms with Crippen LogP contribution in [0.2, 0.25) is 5.02 Å². The van der Waals surface area contributed by atoms with E-state index in [-0.39, 0.29) is 0 Å². The molecule has 1 N–H and O–H groups in total. The van der Waals surface area contributed by atoms with E-state index >= 15 is 0 Å². The van der Waals surface area contributed by atoms with Crippen molar-refractivity contribution < 1.29 is 9.84 Å². The van der Waals surface area contributed by atoms with Crippen molar-refractivity contribution in [1.29, 1.82) is 0 Å². The van der Waals surface area contributed by atoms with E-state index in [2.05, 4.69) is 9.97 Å². The van der Waals surface area contributed by atoms with Crippen LogP contribution >= 0.6 is 11.6 Å². The Morgan fingerprint density at radius 2 is 1.76 bits per heavy atom. The maximum Gasteiger partial charge on any atom is 0.223 e. The second-order valence-corrected chi connectivity index (χ2v) is 8.35. The number of halogens is 1. The van der Waals surface area contributed by atoms with E-state index in [1.807, 2.05) is 62.5 Å². The predicted octanol–water partition coefficient (Wildman–Crippen LogP) is 5.37. The minimum atomic E-state index is -1.47. The zero-order valence-corrected chi connectivity index (χ0v) is 19.6. The monoisotopic (exact) mass is 470 g/mol. The fourth-order valence-electron chi connectivity index (χ4n) is 4.29. The fourth-order valence-corrected chi connectivity index (χ4v) is 4.63. The van der Waals surface area contributed by atoms with E-state index in [9.17, 15) is 5.11 Å². The highest BCUT2D eigenvalue weighted by Crippen LogP contribution is 2.43. The molecule has 0 fully saturated rings. The SMILES string of the molecule is CCOc1nc2ccc(C(O)(c3ccncc3)c3cncn3C)cc2c(Cl)c1-c1ccccc1. The van der Waals surface area contributed by atoms with Crippen molar-refractivity contribution >= 4 is 22.5 Å². The molecule has 5 aromatic rings. The number of nitrogens with zero attached hydrogens (tertiary/aromatic N) is 4. The lowest BCUT2D eigenvalue weighted by Gasteiger charge is -2.30. The summed E-state index contributed by atoms with van der Waals surface area (Å²) < 4.78 is 7.66. The van der Waals surface area contributed by atoms with Crippen LogP contribution in [0.4, 0.5) is 0 Å². The first-order valence-corrected chi connectivity index (χ1v) is 11.3. The molecule has 2 aromatic carbocycles. The van der Waals surface area contributed by atoms with Crippen molar-refractivity contribution in [3.05, 3.63) is 107 Å². The summed E-state index contributed by atoms with van der Waals surface area (Å²) in [6.07, 6.45) is 6.65. The number of hydrogen-bond acceptors (Lipinski definition) is 5. The van der Waals surface area contributed by atoms with Crippen LogP contribution in [0.5, 0.6) is 5.88 Å². The van der Waals surface area contributed by atoms with E-state index in [1.54, 1.807) is 41.6 Å². The molecule has 0 saturated heterocycles. The van der Waals surface area contributed by atoms with Gasteiger partial charge in [-0.2, -0.15) is 0 Å². The molecule has 0 bridgehead atoms. The molecule has 5 rings (SSSR count). The lowest BCUT2D eigenvalue weighted by Crippen LogP contribution is -2.31. The molecule has 34 heavy (non-hydrogen) atoms.